The molecule has 0 aliphatic carbocycles. The summed E-state index contributed by atoms with van der Waals surface area (Å²) in [6.45, 7) is 16.5. The van der Waals surface area contributed by atoms with Crippen LogP contribution in [-0.2, 0) is 17.8 Å². The maximum absolute atomic E-state index is 13.7. The smallest absolute Gasteiger partial charge is 0.242 e. The second-order valence-electron chi connectivity index (χ2n) is 11.4. The van der Waals surface area contributed by atoms with Crippen molar-refractivity contribution in [3.05, 3.63) is 65.4 Å². The van der Waals surface area contributed by atoms with E-state index in [2.05, 4.69) is 46.8 Å². The van der Waals surface area contributed by atoms with Crippen molar-refractivity contribution >= 4 is 22.6 Å². The first-order chi connectivity index (χ1) is 21.4. The van der Waals surface area contributed by atoms with Gasteiger partial charge in [-0.3, -0.25) is 9.59 Å². The van der Waals surface area contributed by atoms with Gasteiger partial charge in [0.05, 0.1) is 12.6 Å². The van der Waals surface area contributed by atoms with Crippen LogP contribution >= 0.6 is 0 Å². The molecule has 5 heteroatoms. The van der Waals surface area contributed by atoms with Crippen LogP contribution in [0.3, 0.4) is 0 Å². The molecule has 0 unspecified atom stereocenters. The van der Waals surface area contributed by atoms with Gasteiger partial charge >= 0.3 is 0 Å². The lowest BCUT2D eigenvalue weighted by Crippen LogP contribution is -2.35. The second kappa shape index (κ2) is 23.3. The van der Waals surface area contributed by atoms with Crippen LogP contribution < -0.4 is 4.74 Å². The average Bonchev–Trinajstić information content (AvgIpc) is 3.41. The molecule has 1 aromatic heterocycles. The van der Waals surface area contributed by atoms with Gasteiger partial charge in [-0.15, -0.1) is 0 Å². The monoisotopic (exact) mass is 606 g/mol. The van der Waals surface area contributed by atoms with E-state index in [1.165, 1.54) is 50.5 Å². The van der Waals surface area contributed by atoms with Gasteiger partial charge in [0.15, 0.2) is 5.78 Å². The number of methoxy groups -OCH3 is 1. The van der Waals surface area contributed by atoms with Gasteiger partial charge in [0.1, 0.15) is 12.3 Å². The molecule has 0 aliphatic rings. The highest BCUT2D eigenvalue weighted by Crippen LogP contribution is 2.28. The zero-order valence-electron chi connectivity index (χ0n) is 29.3. The van der Waals surface area contributed by atoms with Crippen LogP contribution in [0.15, 0.2) is 48.7 Å². The number of fused-ring (bicyclic) bond motifs is 1. The molecular weight excluding hydrogens is 544 g/mol. The van der Waals surface area contributed by atoms with E-state index in [4.69, 9.17) is 4.74 Å². The van der Waals surface area contributed by atoms with Crippen molar-refractivity contribution in [3.8, 4) is 5.75 Å². The first-order valence-corrected chi connectivity index (χ1v) is 17.5. The lowest BCUT2D eigenvalue weighted by Gasteiger charge is -2.23. The zero-order chi connectivity index (χ0) is 32.7. The molecule has 2 aromatic carbocycles. The molecule has 0 spiro atoms. The molecule has 0 saturated heterocycles. The fraction of sp³-hybridized carbons (Fsp3) is 0.590. The molecular formula is C39H62N2O3. The molecule has 1 amide bonds. The second-order valence-corrected chi connectivity index (χ2v) is 11.4. The highest BCUT2D eigenvalue weighted by molar-refractivity contribution is 6.16. The Balaban J connectivity index is 0.00000182. The van der Waals surface area contributed by atoms with E-state index in [1.807, 2.05) is 59.8 Å². The Morgan fingerprint density at radius 1 is 0.750 bits per heavy atom. The van der Waals surface area contributed by atoms with Crippen LogP contribution in [0, 0.1) is 0 Å². The predicted molar refractivity (Wildman–Crippen MR) is 189 cm³/mol. The maximum Gasteiger partial charge on any atom is 0.242 e. The first-order valence-electron chi connectivity index (χ1n) is 17.5. The molecule has 0 fully saturated rings. The van der Waals surface area contributed by atoms with Crippen molar-refractivity contribution in [1.82, 2.24) is 9.47 Å². The number of carbonyl (C=O) groups excluding carboxylic acids is 2. The molecule has 44 heavy (non-hydrogen) atoms. The first kappa shape index (κ1) is 38.9. The molecule has 0 bridgehead atoms. The van der Waals surface area contributed by atoms with Crippen molar-refractivity contribution in [1.29, 1.82) is 0 Å². The van der Waals surface area contributed by atoms with Crippen LogP contribution in [0.2, 0.25) is 0 Å². The topological polar surface area (TPSA) is 51.5 Å². The summed E-state index contributed by atoms with van der Waals surface area (Å²) in [4.78, 5) is 29.0. The van der Waals surface area contributed by atoms with Gasteiger partial charge < -0.3 is 14.2 Å². The lowest BCUT2D eigenvalue weighted by molar-refractivity contribution is -0.131. The summed E-state index contributed by atoms with van der Waals surface area (Å²) in [6.07, 6.45) is 15.9. The number of carbonyl (C=O) groups is 2. The molecule has 246 valence electrons. The third kappa shape index (κ3) is 12.9. The minimum atomic E-state index is -0.0173. The molecule has 0 atom stereocenters. The fourth-order valence-electron chi connectivity index (χ4n) is 5.10. The minimum Gasteiger partial charge on any atom is -0.497 e. The molecule has 0 saturated carbocycles. The molecule has 0 radical (unpaired) electrons. The van der Waals surface area contributed by atoms with Gasteiger partial charge in [-0.1, -0.05) is 124 Å². The number of amides is 1. The zero-order valence-corrected chi connectivity index (χ0v) is 29.3. The van der Waals surface area contributed by atoms with Gasteiger partial charge in [-0.25, -0.2) is 0 Å². The van der Waals surface area contributed by atoms with Crippen molar-refractivity contribution in [2.24, 2.45) is 0 Å². The van der Waals surface area contributed by atoms with Crippen LogP contribution in [0.1, 0.15) is 141 Å². The Bertz CT molecular complexity index is 1190. The van der Waals surface area contributed by atoms with Gasteiger partial charge in [-0.05, 0) is 43.4 Å². The number of benzene rings is 2. The van der Waals surface area contributed by atoms with Gasteiger partial charge in [0.2, 0.25) is 5.91 Å². The number of hydrogen-bond acceptors (Lipinski definition) is 3. The van der Waals surface area contributed by atoms with Crippen molar-refractivity contribution < 1.29 is 14.3 Å². The summed E-state index contributed by atoms with van der Waals surface area (Å²) < 4.78 is 7.39. The van der Waals surface area contributed by atoms with E-state index in [0.29, 0.717) is 16.9 Å². The largest absolute Gasteiger partial charge is 0.497 e. The number of nitrogens with zero attached hydrogens (tertiary/aromatic N) is 2. The normalized spacial score (nSPS) is 10.5. The highest BCUT2D eigenvalue weighted by atomic mass is 16.5. The average molecular weight is 607 g/mol. The maximum atomic E-state index is 13.7. The fourth-order valence-corrected chi connectivity index (χ4v) is 5.10. The Morgan fingerprint density at radius 3 is 1.89 bits per heavy atom. The minimum absolute atomic E-state index is 0.0173. The van der Waals surface area contributed by atoms with E-state index < -0.39 is 0 Å². The molecule has 1 heterocycles. The highest BCUT2D eigenvalue weighted by Gasteiger charge is 2.20. The summed E-state index contributed by atoms with van der Waals surface area (Å²) in [7, 11) is 1.63. The Kier molecular flexibility index (Phi) is 20.6. The lowest BCUT2D eigenvalue weighted by atomic mass is 9.99. The summed E-state index contributed by atoms with van der Waals surface area (Å²) in [5.41, 5.74) is 3.42. The molecule has 3 rings (SSSR count). The standard InChI is InChI=1S/C34H48N2O3.C3H8.C2H6/c1-5-8-11-12-13-14-15-27-16-18-28(19-17-27)34(38)31-25-36(32-24-29(39-4)20-21-30(31)32)26-33(37)35(22-9-6-2)23-10-7-3;1-3-2;1-2/h16-21,24-25H,5-15,22-23,26H2,1-4H3;3H2,1-2H3;1-2H3. The molecule has 0 aliphatic heterocycles. The van der Waals surface area contributed by atoms with Gasteiger partial charge in [0.25, 0.3) is 0 Å². The van der Waals surface area contributed by atoms with E-state index >= 15 is 0 Å². The van der Waals surface area contributed by atoms with Crippen LogP contribution in [0.4, 0.5) is 0 Å². The van der Waals surface area contributed by atoms with Crippen molar-refractivity contribution in [2.75, 3.05) is 20.2 Å². The number of hydrogen-bond donors (Lipinski definition) is 0. The van der Waals surface area contributed by atoms with E-state index in [1.54, 1.807) is 7.11 Å². The van der Waals surface area contributed by atoms with Crippen LogP contribution in [-0.4, -0.2) is 41.4 Å². The predicted octanol–water partition coefficient (Wildman–Crippen LogP) is 10.7. The summed E-state index contributed by atoms with van der Waals surface area (Å²) in [6, 6.07) is 13.8. The van der Waals surface area contributed by atoms with Gasteiger partial charge in [-0.2, -0.15) is 0 Å². The number of aromatic nitrogens is 1. The molecule has 5 nitrogen and oxygen atoms in total. The van der Waals surface area contributed by atoms with Crippen molar-refractivity contribution in [2.45, 2.75) is 132 Å². The third-order valence-corrected chi connectivity index (χ3v) is 7.59. The Hall–Kier alpha value is -3.08. The van der Waals surface area contributed by atoms with Crippen LogP contribution in [0.25, 0.3) is 10.9 Å². The number of rotatable bonds is 18. The van der Waals surface area contributed by atoms with E-state index in [0.717, 1.165) is 56.1 Å². The molecule has 3 aromatic rings. The number of aryl methyl sites for hydroxylation is 1. The summed E-state index contributed by atoms with van der Waals surface area (Å²) in [5.74, 6) is 0.784. The Labute approximate surface area is 269 Å². The quantitative estimate of drug-likeness (QED) is 0.107. The third-order valence-electron chi connectivity index (χ3n) is 7.59. The molecule has 0 N–H and O–H groups in total. The SMILES string of the molecule is CC.CCC.CCCCCCCCc1ccc(C(=O)c2cn(CC(=O)N(CCCC)CCCC)c3cc(OC)ccc23)cc1. The van der Waals surface area contributed by atoms with Crippen molar-refractivity contribution in [3.63, 3.8) is 0 Å². The van der Waals surface area contributed by atoms with Crippen LogP contribution in [0.5, 0.6) is 5.75 Å². The number of ketones is 1. The number of ether oxygens (including phenoxy) is 1. The Morgan fingerprint density at radius 2 is 1.32 bits per heavy atom. The van der Waals surface area contributed by atoms with Gasteiger partial charge in [0, 0.05) is 41.9 Å². The summed E-state index contributed by atoms with van der Waals surface area (Å²) in [5, 5.41) is 0.846. The number of unbranched alkanes of at least 4 members (excludes halogenated alkanes) is 7. The van der Waals surface area contributed by atoms with E-state index in [9.17, 15) is 9.59 Å². The summed E-state index contributed by atoms with van der Waals surface area (Å²) >= 11 is 0. The van der Waals surface area contributed by atoms with E-state index in [-0.39, 0.29) is 18.2 Å².